The van der Waals surface area contributed by atoms with E-state index in [-0.39, 0.29) is 5.54 Å². The van der Waals surface area contributed by atoms with Gasteiger partial charge in [0, 0.05) is 5.54 Å². The molecule has 3 N–H and O–H groups in total. The minimum absolute atomic E-state index is 0.116. The van der Waals surface area contributed by atoms with E-state index in [4.69, 9.17) is 5.73 Å². The Bertz CT molecular complexity index is 71.9. The van der Waals surface area contributed by atoms with Crippen LogP contribution in [0.15, 0.2) is 0 Å². The standard InChI is InChI=1S/C6H14N2.2C2H6/c1-6(7)2-4-8-5-3-6;2*1-2/h8H,2-5,7H2,1H3;2*1-2H3. The summed E-state index contributed by atoms with van der Waals surface area (Å²) >= 11 is 0. The molecule has 0 saturated carbocycles. The van der Waals surface area contributed by atoms with Gasteiger partial charge in [0.15, 0.2) is 0 Å². The highest BCUT2D eigenvalue weighted by molar-refractivity contribution is 4.83. The number of hydrogen-bond donors (Lipinski definition) is 2. The Labute approximate surface area is 77.9 Å². The summed E-state index contributed by atoms with van der Waals surface area (Å²) in [6.45, 7) is 12.3. The van der Waals surface area contributed by atoms with Crippen molar-refractivity contribution in [1.82, 2.24) is 5.32 Å². The Morgan fingerprint density at radius 2 is 1.33 bits per heavy atom. The summed E-state index contributed by atoms with van der Waals surface area (Å²) in [5, 5.41) is 3.26. The lowest BCUT2D eigenvalue weighted by Gasteiger charge is -2.29. The summed E-state index contributed by atoms with van der Waals surface area (Å²) < 4.78 is 0. The van der Waals surface area contributed by atoms with Crippen LogP contribution < -0.4 is 11.1 Å². The first-order valence-corrected chi connectivity index (χ1v) is 5.20. The molecule has 0 spiro atoms. The number of piperidine rings is 1. The van der Waals surface area contributed by atoms with Gasteiger partial charge < -0.3 is 11.1 Å². The molecule has 1 aliphatic rings. The van der Waals surface area contributed by atoms with Crippen molar-refractivity contribution in [3.8, 4) is 0 Å². The van der Waals surface area contributed by atoms with Crippen LogP contribution in [0.5, 0.6) is 0 Å². The van der Waals surface area contributed by atoms with Gasteiger partial charge >= 0.3 is 0 Å². The molecule has 2 heteroatoms. The lowest BCUT2D eigenvalue weighted by molar-refractivity contribution is 0.337. The molecule has 1 aliphatic heterocycles. The summed E-state index contributed by atoms with van der Waals surface area (Å²) in [5.41, 5.74) is 5.95. The van der Waals surface area contributed by atoms with Gasteiger partial charge in [0.05, 0.1) is 0 Å². The zero-order valence-corrected chi connectivity index (χ0v) is 9.41. The van der Waals surface area contributed by atoms with Crippen molar-refractivity contribution in [3.05, 3.63) is 0 Å². The third-order valence-corrected chi connectivity index (χ3v) is 1.75. The fraction of sp³-hybridized carbons (Fsp3) is 1.00. The van der Waals surface area contributed by atoms with Crippen molar-refractivity contribution >= 4 is 0 Å². The quantitative estimate of drug-likeness (QED) is 0.590. The molecule has 0 atom stereocenters. The number of nitrogens with two attached hydrogens (primary N) is 1. The van der Waals surface area contributed by atoms with Gasteiger partial charge in [0.1, 0.15) is 0 Å². The number of nitrogens with one attached hydrogen (secondary N) is 1. The van der Waals surface area contributed by atoms with E-state index in [0.29, 0.717) is 0 Å². The van der Waals surface area contributed by atoms with Crippen LogP contribution in [0.4, 0.5) is 0 Å². The van der Waals surface area contributed by atoms with Crippen molar-refractivity contribution in [1.29, 1.82) is 0 Å². The first-order valence-electron chi connectivity index (χ1n) is 5.20. The first kappa shape index (κ1) is 14.4. The molecule has 0 aliphatic carbocycles. The molecule has 1 saturated heterocycles. The van der Waals surface area contributed by atoms with Crippen LogP contribution in [-0.4, -0.2) is 18.6 Å². The van der Waals surface area contributed by atoms with Crippen LogP contribution in [0.3, 0.4) is 0 Å². The zero-order valence-electron chi connectivity index (χ0n) is 9.41. The van der Waals surface area contributed by atoms with Gasteiger partial charge in [-0.2, -0.15) is 0 Å². The van der Waals surface area contributed by atoms with E-state index in [1.165, 1.54) is 0 Å². The number of rotatable bonds is 0. The Balaban J connectivity index is 0. The zero-order chi connectivity index (χ0) is 10.0. The van der Waals surface area contributed by atoms with Gasteiger partial charge in [0.25, 0.3) is 0 Å². The second-order valence-electron chi connectivity index (χ2n) is 2.90. The van der Waals surface area contributed by atoms with Crippen molar-refractivity contribution < 1.29 is 0 Å². The molecule has 1 heterocycles. The molecular formula is C10H26N2. The van der Waals surface area contributed by atoms with Gasteiger partial charge in [-0.15, -0.1) is 0 Å². The average molecular weight is 174 g/mol. The van der Waals surface area contributed by atoms with E-state index in [1.807, 2.05) is 27.7 Å². The largest absolute Gasteiger partial charge is 0.325 e. The SMILES string of the molecule is CC.CC.CC1(N)CCNCC1. The third kappa shape index (κ3) is 8.02. The lowest BCUT2D eigenvalue weighted by Crippen LogP contribution is -2.46. The number of hydrogen-bond acceptors (Lipinski definition) is 2. The van der Waals surface area contributed by atoms with Crippen LogP contribution >= 0.6 is 0 Å². The minimum Gasteiger partial charge on any atom is -0.325 e. The first-order chi connectivity index (χ1) is 5.71. The van der Waals surface area contributed by atoms with Crippen molar-refractivity contribution in [2.24, 2.45) is 5.73 Å². The van der Waals surface area contributed by atoms with Crippen LogP contribution in [0.25, 0.3) is 0 Å². The summed E-state index contributed by atoms with van der Waals surface area (Å²) in [7, 11) is 0. The van der Waals surface area contributed by atoms with E-state index in [9.17, 15) is 0 Å². The predicted molar refractivity (Wildman–Crippen MR) is 57.4 cm³/mol. The highest BCUT2D eigenvalue weighted by Crippen LogP contribution is 2.11. The topological polar surface area (TPSA) is 38.0 Å². The normalized spacial score (nSPS) is 19.5. The van der Waals surface area contributed by atoms with Gasteiger partial charge in [-0.05, 0) is 32.9 Å². The lowest BCUT2D eigenvalue weighted by atomic mass is 9.92. The van der Waals surface area contributed by atoms with Gasteiger partial charge in [0.2, 0.25) is 0 Å². The summed E-state index contributed by atoms with van der Waals surface area (Å²) in [6, 6.07) is 0. The molecule has 0 radical (unpaired) electrons. The molecule has 0 bridgehead atoms. The van der Waals surface area contributed by atoms with Crippen LogP contribution in [0.2, 0.25) is 0 Å². The van der Waals surface area contributed by atoms with Crippen LogP contribution in [0.1, 0.15) is 47.5 Å². The second-order valence-corrected chi connectivity index (χ2v) is 2.90. The van der Waals surface area contributed by atoms with E-state index in [0.717, 1.165) is 25.9 Å². The second kappa shape index (κ2) is 9.01. The maximum atomic E-state index is 5.84. The maximum Gasteiger partial charge on any atom is 0.0150 e. The van der Waals surface area contributed by atoms with Crippen LogP contribution in [-0.2, 0) is 0 Å². The Kier molecular flexibility index (Phi) is 10.8. The smallest absolute Gasteiger partial charge is 0.0150 e. The third-order valence-electron chi connectivity index (χ3n) is 1.75. The fourth-order valence-electron chi connectivity index (χ4n) is 0.998. The molecule has 12 heavy (non-hydrogen) atoms. The molecule has 2 nitrogen and oxygen atoms in total. The molecule has 1 fully saturated rings. The molecule has 0 unspecified atom stereocenters. The van der Waals surface area contributed by atoms with E-state index in [2.05, 4.69) is 12.2 Å². The van der Waals surface area contributed by atoms with E-state index < -0.39 is 0 Å². The van der Waals surface area contributed by atoms with E-state index >= 15 is 0 Å². The molecule has 0 amide bonds. The van der Waals surface area contributed by atoms with Crippen LogP contribution in [0, 0.1) is 0 Å². The highest BCUT2D eigenvalue weighted by Gasteiger charge is 2.20. The van der Waals surface area contributed by atoms with Crippen molar-refractivity contribution in [2.45, 2.75) is 53.0 Å². The molecule has 0 aromatic carbocycles. The molecular weight excluding hydrogens is 148 g/mol. The van der Waals surface area contributed by atoms with Gasteiger partial charge in [-0.25, -0.2) is 0 Å². The van der Waals surface area contributed by atoms with Gasteiger partial charge in [-0.1, -0.05) is 27.7 Å². The monoisotopic (exact) mass is 174 g/mol. The summed E-state index contributed by atoms with van der Waals surface area (Å²) in [5.74, 6) is 0. The van der Waals surface area contributed by atoms with Gasteiger partial charge in [-0.3, -0.25) is 0 Å². The van der Waals surface area contributed by atoms with E-state index in [1.54, 1.807) is 0 Å². The van der Waals surface area contributed by atoms with Crippen molar-refractivity contribution in [2.75, 3.05) is 13.1 Å². The predicted octanol–water partition coefficient (Wildman–Crippen LogP) is 2.14. The Morgan fingerprint density at radius 3 is 1.50 bits per heavy atom. The molecule has 0 aromatic rings. The summed E-state index contributed by atoms with van der Waals surface area (Å²) in [4.78, 5) is 0. The Morgan fingerprint density at radius 1 is 1.00 bits per heavy atom. The minimum atomic E-state index is 0.116. The molecule has 76 valence electrons. The molecule has 0 aromatic heterocycles. The highest BCUT2D eigenvalue weighted by atomic mass is 14.9. The van der Waals surface area contributed by atoms with Crippen molar-refractivity contribution in [3.63, 3.8) is 0 Å². The Hall–Kier alpha value is -0.0800. The summed E-state index contributed by atoms with van der Waals surface area (Å²) in [6.07, 6.45) is 2.24. The average Bonchev–Trinajstić information content (AvgIpc) is 2.11. The molecule has 1 rings (SSSR count). The fourth-order valence-corrected chi connectivity index (χ4v) is 0.998. The maximum absolute atomic E-state index is 5.84.